The number of hydrogen-bond acceptors (Lipinski definition) is 5. The average Bonchev–Trinajstić information content (AvgIpc) is 3.03. The third kappa shape index (κ3) is 3.18. The molecule has 0 unspecified atom stereocenters. The number of allylic oxidation sites excluding steroid dienone is 1. The van der Waals surface area contributed by atoms with Crippen molar-refractivity contribution < 1.29 is 0 Å². The lowest BCUT2D eigenvalue weighted by molar-refractivity contribution is 0.720. The van der Waals surface area contributed by atoms with E-state index in [1.165, 1.54) is 16.6 Å². The van der Waals surface area contributed by atoms with Crippen LogP contribution in [0, 0.1) is 0 Å². The van der Waals surface area contributed by atoms with Gasteiger partial charge in [-0.05, 0) is 53.9 Å². The number of thioether (sulfide) groups is 1. The molecule has 22 heavy (non-hydrogen) atoms. The van der Waals surface area contributed by atoms with Crippen LogP contribution < -0.4 is 0 Å². The summed E-state index contributed by atoms with van der Waals surface area (Å²) in [5.41, 5.74) is 1.65. The van der Waals surface area contributed by atoms with Crippen molar-refractivity contribution in [1.82, 2.24) is 25.2 Å². The summed E-state index contributed by atoms with van der Waals surface area (Å²) in [4.78, 5) is 5.84. The molecular formula is C15H12ClN5S. The number of tetrazole rings is 1. The number of benzene rings is 1. The zero-order chi connectivity index (χ0) is 15.4. The summed E-state index contributed by atoms with van der Waals surface area (Å²) in [6.07, 6.45) is 3.71. The van der Waals surface area contributed by atoms with Crippen molar-refractivity contribution in [2.75, 3.05) is 0 Å². The van der Waals surface area contributed by atoms with Gasteiger partial charge in [-0.1, -0.05) is 29.4 Å². The molecule has 0 atom stereocenters. The van der Waals surface area contributed by atoms with Crippen molar-refractivity contribution >= 4 is 23.4 Å². The fraction of sp³-hybridized carbons (Fsp3) is 0.0667. The zero-order valence-corrected chi connectivity index (χ0v) is 13.3. The van der Waals surface area contributed by atoms with Gasteiger partial charge in [0.25, 0.3) is 0 Å². The van der Waals surface area contributed by atoms with E-state index in [0.29, 0.717) is 10.8 Å². The Labute approximate surface area is 137 Å². The van der Waals surface area contributed by atoms with Gasteiger partial charge in [0, 0.05) is 11.2 Å². The predicted molar refractivity (Wildman–Crippen MR) is 88.1 cm³/mol. The van der Waals surface area contributed by atoms with E-state index in [1.807, 2.05) is 42.7 Å². The molecular weight excluding hydrogens is 318 g/mol. The molecule has 0 bridgehead atoms. The van der Waals surface area contributed by atoms with E-state index >= 15 is 0 Å². The fourth-order valence-electron chi connectivity index (χ4n) is 1.79. The lowest BCUT2D eigenvalue weighted by Crippen LogP contribution is -1.98. The molecule has 2 heterocycles. The Morgan fingerprint density at radius 3 is 2.77 bits per heavy atom. The lowest BCUT2D eigenvalue weighted by atomic mass is 10.3. The molecule has 3 aromatic rings. The molecule has 0 aliphatic heterocycles. The Bertz CT molecular complexity index is 798. The standard InChI is InChI=1S/C15H12ClN5S/c1-2-10-22-15-13(4-3-9-17-15)14-18-20-21(19-14)12-7-5-11(16)6-8-12/h2-10H,1H3. The summed E-state index contributed by atoms with van der Waals surface area (Å²) in [6, 6.07) is 11.0. The van der Waals surface area contributed by atoms with E-state index in [2.05, 4.69) is 20.4 Å². The number of pyridine rings is 1. The van der Waals surface area contributed by atoms with Gasteiger partial charge in [0.1, 0.15) is 5.03 Å². The molecule has 7 heteroatoms. The van der Waals surface area contributed by atoms with Gasteiger partial charge in [-0.3, -0.25) is 0 Å². The molecule has 3 rings (SSSR count). The van der Waals surface area contributed by atoms with E-state index in [1.54, 1.807) is 18.3 Å². The SMILES string of the molecule is CC=CSc1ncccc1-c1nnn(-c2ccc(Cl)cc2)n1. The first-order valence-electron chi connectivity index (χ1n) is 6.57. The number of nitrogens with zero attached hydrogens (tertiary/aromatic N) is 5. The maximum Gasteiger partial charge on any atom is 0.208 e. The topological polar surface area (TPSA) is 56.5 Å². The summed E-state index contributed by atoms with van der Waals surface area (Å²) in [7, 11) is 0. The van der Waals surface area contributed by atoms with Crippen LogP contribution in [0.1, 0.15) is 6.92 Å². The molecule has 0 fully saturated rings. The van der Waals surface area contributed by atoms with Gasteiger partial charge in [0.15, 0.2) is 0 Å². The summed E-state index contributed by atoms with van der Waals surface area (Å²) in [6.45, 7) is 1.96. The van der Waals surface area contributed by atoms with Crippen LogP contribution in [0.15, 0.2) is 59.1 Å². The fourth-order valence-corrected chi connectivity index (χ4v) is 2.59. The van der Waals surface area contributed by atoms with Crippen LogP contribution in [0.5, 0.6) is 0 Å². The van der Waals surface area contributed by atoms with Crippen LogP contribution in [0.2, 0.25) is 5.02 Å². The van der Waals surface area contributed by atoms with Crippen LogP contribution in [-0.2, 0) is 0 Å². The third-order valence-corrected chi connectivity index (χ3v) is 4.01. The van der Waals surface area contributed by atoms with Crippen molar-refractivity contribution in [2.24, 2.45) is 0 Å². The van der Waals surface area contributed by atoms with Gasteiger partial charge >= 0.3 is 0 Å². The first kappa shape index (κ1) is 14.7. The largest absolute Gasteiger partial charge is 0.249 e. The van der Waals surface area contributed by atoms with Crippen molar-refractivity contribution in [3.8, 4) is 17.1 Å². The van der Waals surface area contributed by atoms with Crippen molar-refractivity contribution in [3.63, 3.8) is 0 Å². The molecule has 0 N–H and O–H groups in total. The average molecular weight is 330 g/mol. The summed E-state index contributed by atoms with van der Waals surface area (Å²) >= 11 is 7.41. The van der Waals surface area contributed by atoms with Gasteiger partial charge in [-0.2, -0.15) is 0 Å². The third-order valence-electron chi connectivity index (χ3n) is 2.80. The van der Waals surface area contributed by atoms with Crippen LogP contribution >= 0.6 is 23.4 Å². The van der Waals surface area contributed by atoms with Gasteiger partial charge < -0.3 is 0 Å². The Morgan fingerprint density at radius 2 is 2.00 bits per heavy atom. The van der Waals surface area contributed by atoms with Crippen LogP contribution in [0.25, 0.3) is 17.1 Å². The number of rotatable bonds is 4. The summed E-state index contributed by atoms with van der Waals surface area (Å²) in [5.74, 6) is 0.537. The molecule has 5 nitrogen and oxygen atoms in total. The van der Waals surface area contributed by atoms with Crippen LogP contribution in [0.4, 0.5) is 0 Å². The molecule has 110 valence electrons. The Kier molecular flexibility index (Phi) is 4.50. The summed E-state index contributed by atoms with van der Waals surface area (Å²) < 4.78 is 0. The van der Waals surface area contributed by atoms with Gasteiger partial charge in [0.05, 0.1) is 11.3 Å². The van der Waals surface area contributed by atoms with E-state index in [9.17, 15) is 0 Å². The Morgan fingerprint density at radius 1 is 1.18 bits per heavy atom. The second-order valence-corrected chi connectivity index (χ2v) is 5.65. The minimum absolute atomic E-state index is 0.537. The predicted octanol–water partition coefficient (Wildman–Crippen LogP) is 4.00. The second kappa shape index (κ2) is 6.72. The second-order valence-electron chi connectivity index (χ2n) is 4.32. The molecule has 1 aromatic carbocycles. The first-order valence-corrected chi connectivity index (χ1v) is 7.83. The first-order chi connectivity index (χ1) is 10.8. The van der Waals surface area contributed by atoms with Crippen molar-refractivity contribution in [3.05, 3.63) is 59.1 Å². The van der Waals surface area contributed by atoms with Crippen LogP contribution in [0.3, 0.4) is 0 Å². The Hall–Kier alpha value is -2.18. The highest BCUT2D eigenvalue weighted by molar-refractivity contribution is 8.02. The molecule has 0 aliphatic carbocycles. The molecule has 0 aliphatic rings. The van der Waals surface area contributed by atoms with Gasteiger partial charge in [-0.25, -0.2) is 4.98 Å². The smallest absolute Gasteiger partial charge is 0.208 e. The van der Waals surface area contributed by atoms with E-state index in [-0.39, 0.29) is 0 Å². The molecule has 2 aromatic heterocycles. The summed E-state index contributed by atoms with van der Waals surface area (Å²) in [5, 5.41) is 16.1. The normalized spacial score (nSPS) is 11.2. The minimum atomic E-state index is 0.537. The monoisotopic (exact) mass is 329 g/mol. The van der Waals surface area contributed by atoms with Crippen molar-refractivity contribution in [2.45, 2.75) is 11.9 Å². The maximum absolute atomic E-state index is 5.89. The number of aromatic nitrogens is 5. The number of halogens is 1. The lowest BCUT2D eigenvalue weighted by Gasteiger charge is -2.01. The molecule has 0 radical (unpaired) electrons. The Balaban J connectivity index is 1.95. The van der Waals surface area contributed by atoms with Crippen molar-refractivity contribution in [1.29, 1.82) is 0 Å². The van der Waals surface area contributed by atoms with Gasteiger partial charge in [0.2, 0.25) is 5.82 Å². The van der Waals surface area contributed by atoms with Crippen LogP contribution in [-0.4, -0.2) is 25.2 Å². The number of hydrogen-bond donors (Lipinski definition) is 0. The maximum atomic E-state index is 5.89. The molecule has 0 saturated carbocycles. The highest BCUT2D eigenvalue weighted by atomic mass is 35.5. The highest BCUT2D eigenvalue weighted by Gasteiger charge is 2.12. The molecule has 0 amide bonds. The van der Waals surface area contributed by atoms with Gasteiger partial charge in [-0.15, -0.1) is 15.0 Å². The van der Waals surface area contributed by atoms with E-state index in [0.717, 1.165) is 16.3 Å². The highest BCUT2D eigenvalue weighted by Crippen LogP contribution is 2.27. The minimum Gasteiger partial charge on any atom is -0.249 e. The van der Waals surface area contributed by atoms with E-state index < -0.39 is 0 Å². The zero-order valence-electron chi connectivity index (χ0n) is 11.7. The quantitative estimate of drug-likeness (QED) is 0.677. The van der Waals surface area contributed by atoms with E-state index in [4.69, 9.17) is 11.6 Å². The molecule has 0 spiro atoms. The molecule has 0 saturated heterocycles.